The third-order valence-electron chi connectivity index (χ3n) is 3.97. The van der Waals surface area contributed by atoms with Gasteiger partial charge >= 0.3 is 0 Å². The molecule has 2 heterocycles. The molecule has 138 valence electrons. The Hall–Kier alpha value is -2.75. The monoisotopic (exact) mass is 378 g/mol. The smallest absolute Gasteiger partial charge is 0.270 e. The second-order valence-corrected chi connectivity index (χ2v) is 9.21. The fourth-order valence-corrected chi connectivity index (χ4v) is 4.29. The van der Waals surface area contributed by atoms with Crippen molar-refractivity contribution in [2.75, 3.05) is 5.32 Å². The minimum absolute atomic E-state index is 0.107. The molecular formula is C16H18N4O5S. The van der Waals surface area contributed by atoms with E-state index < -0.39 is 26.2 Å². The van der Waals surface area contributed by atoms with E-state index in [2.05, 4.69) is 10.4 Å². The van der Waals surface area contributed by atoms with Crippen LogP contribution in [0.2, 0.25) is 0 Å². The van der Waals surface area contributed by atoms with E-state index in [1.807, 2.05) is 20.8 Å². The van der Waals surface area contributed by atoms with Gasteiger partial charge in [-0.1, -0.05) is 6.07 Å². The summed E-state index contributed by atoms with van der Waals surface area (Å²) >= 11 is 0. The van der Waals surface area contributed by atoms with Gasteiger partial charge in [-0.05, 0) is 26.8 Å². The Morgan fingerprint density at radius 2 is 2.00 bits per heavy atom. The molecule has 1 aromatic heterocycles. The molecule has 0 saturated heterocycles. The van der Waals surface area contributed by atoms with E-state index in [4.69, 9.17) is 0 Å². The molecule has 1 aliphatic heterocycles. The van der Waals surface area contributed by atoms with E-state index in [1.54, 1.807) is 4.68 Å². The van der Waals surface area contributed by atoms with Crippen molar-refractivity contribution in [3.05, 3.63) is 51.2 Å². The Balaban J connectivity index is 2.01. The lowest BCUT2D eigenvalue weighted by molar-refractivity contribution is -0.384. The minimum atomic E-state index is -3.28. The number of benzene rings is 1. The average molecular weight is 378 g/mol. The van der Waals surface area contributed by atoms with Crippen molar-refractivity contribution < 1.29 is 18.1 Å². The second-order valence-electron chi connectivity index (χ2n) is 7.15. The summed E-state index contributed by atoms with van der Waals surface area (Å²) in [6.07, 6.45) is 0. The van der Waals surface area contributed by atoms with Crippen LogP contribution in [0.15, 0.2) is 24.3 Å². The van der Waals surface area contributed by atoms with Gasteiger partial charge in [0.1, 0.15) is 5.82 Å². The number of hydrogen-bond acceptors (Lipinski definition) is 6. The number of fused-ring (bicyclic) bond motifs is 1. The standard InChI is InChI=1S/C16H18N4O5S/c1-16(2,3)19-14(12-8-26(24,25)9-13(12)18-19)17-15(21)10-5-4-6-11(7-10)20(22)23/h4-7H,8-9H2,1-3H3,(H,17,21). The fourth-order valence-electron chi connectivity index (χ4n) is 2.80. The van der Waals surface area contributed by atoms with Crippen LogP contribution < -0.4 is 5.32 Å². The van der Waals surface area contributed by atoms with Gasteiger partial charge in [0.2, 0.25) is 0 Å². The summed E-state index contributed by atoms with van der Waals surface area (Å²) in [5.74, 6) is -0.607. The largest absolute Gasteiger partial charge is 0.306 e. The van der Waals surface area contributed by atoms with Crippen LogP contribution in [0.4, 0.5) is 11.5 Å². The SMILES string of the molecule is CC(C)(C)n1nc2c(c1NC(=O)c1cccc([N+](=O)[O-])c1)CS(=O)(=O)C2. The summed E-state index contributed by atoms with van der Waals surface area (Å²) in [6.45, 7) is 5.64. The molecule has 0 aliphatic carbocycles. The van der Waals surface area contributed by atoms with Gasteiger partial charge in [-0.15, -0.1) is 0 Å². The lowest BCUT2D eigenvalue weighted by Crippen LogP contribution is -2.27. The number of rotatable bonds is 3. The quantitative estimate of drug-likeness (QED) is 0.645. The van der Waals surface area contributed by atoms with E-state index in [9.17, 15) is 23.3 Å². The second kappa shape index (κ2) is 5.90. The van der Waals surface area contributed by atoms with Crippen LogP contribution >= 0.6 is 0 Å². The summed E-state index contributed by atoms with van der Waals surface area (Å²) in [5.41, 5.74) is 0.317. The molecule has 2 aromatic rings. The molecule has 1 aromatic carbocycles. The number of non-ortho nitro benzene ring substituents is 1. The van der Waals surface area contributed by atoms with E-state index in [1.165, 1.54) is 24.3 Å². The highest BCUT2D eigenvalue weighted by Crippen LogP contribution is 2.34. The maximum Gasteiger partial charge on any atom is 0.270 e. The first-order valence-corrected chi connectivity index (χ1v) is 9.67. The van der Waals surface area contributed by atoms with Crippen LogP contribution in [0.5, 0.6) is 0 Å². The molecule has 0 saturated carbocycles. The molecule has 0 bridgehead atoms. The number of nitrogens with zero attached hydrogens (tertiary/aromatic N) is 3. The number of nitro groups is 1. The first-order valence-electron chi connectivity index (χ1n) is 7.85. The van der Waals surface area contributed by atoms with Gasteiger partial charge in [-0.25, -0.2) is 13.1 Å². The summed E-state index contributed by atoms with van der Waals surface area (Å²) in [5, 5.41) is 18.0. The molecule has 0 unspecified atom stereocenters. The molecule has 0 spiro atoms. The third kappa shape index (κ3) is 3.32. The number of amides is 1. The molecule has 1 aliphatic rings. The van der Waals surface area contributed by atoms with Gasteiger partial charge in [0, 0.05) is 23.3 Å². The summed E-state index contributed by atoms with van der Waals surface area (Å²) in [6, 6.07) is 5.34. The molecule has 0 fully saturated rings. The number of hydrogen-bond donors (Lipinski definition) is 1. The summed E-state index contributed by atoms with van der Waals surface area (Å²) < 4.78 is 25.4. The Bertz CT molecular complexity index is 1020. The predicted octanol–water partition coefficient (Wildman–Crippen LogP) is 2.23. The number of carbonyl (C=O) groups excluding carboxylic acids is 1. The van der Waals surface area contributed by atoms with Crippen molar-refractivity contribution in [2.45, 2.75) is 37.8 Å². The zero-order valence-electron chi connectivity index (χ0n) is 14.5. The van der Waals surface area contributed by atoms with Gasteiger partial charge in [-0.2, -0.15) is 5.10 Å². The number of aromatic nitrogens is 2. The summed E-state index contributed by atoms with van der Waals surface area (Å²) in [7, 11) is -3.28. The lowest BCUT2D eigenvalue weighted by Gasteiger charge is -2.23. The van der Waals surface area contributed by atoms with Crippen LogP contribution in [0, 0.1) is 10.1 Å². The summed E-state index contributed by atoms with van der Waals surface area (Å²) in [4.78, 5) is 22.9. The average Bonchev–Trinajstić information content (AvgIpc) is 3.00. The Labute approximate surface area is 150 Å². The predicted molar refractivity (Wildman–Crippen MR) is 94.6 cm³/mol. The first-order chi connectivity index (χ1) is 12.0. The number of anilines is 1. The lowest BCUT2D eigenvalue weighted by atomic mass is 10.1. The van der Waals surface area contributed by atoms with Crippen LogP contribution in [0.1, 0.15) is 42.4 Å². The maximum absolute atomic E-state index is 12.6. The van der Waals surface area contributed by atoms with Crippen LogP contribution in [-0.2, 0) is 26.9 Å². The number of sulfone groups is 1. The topological polar surface area (TPSA) is 124 Å². The Morgan fingerprint density at radius 1 is 1.31 bits per heavy atom. The number of nitro benzene ring substituents is 1. The molecule has 26 heavy (non-hydrogen) atoms. The van der Waals surface area contributed by atoms with Crippen molar-refractivity contribution in [1.82, 2.24) is 9.78 Å². The molecular weight excluding hydrogens is 360 g/mol. The molecule has 0 radical (unpaired) electrons. The third-order valence-corrected chi connectivity index (χ3v) is 5.42. The van der Waals surface area contributed by atoms with Crippen molar-refractivity contribution in [3.63, 3.8) is 0 Å². The molecule has 3 rings (SSSR count). The zero-order chi connectivity index (χ0) is 19.3. The number of nitrogens with one attached hydrogen (secondary N) is 1. The van der Waals surface area contributed by atoms with E-state index in [0.29, 0.717) is 17.1 Å². The highest BCUT2D eigenvalue weighted by molar-refractivity contribution is 7.90. The van der Waals surface area contributed by atoms with E-state index >= 15 is 0 Å². The van der Waals surface area contributed by atoms with Crippen LogP contribution in [-0.4, -0.2) is 29.0 Å². The molecule has 1 N–H and O–H groups in total. The number of carbonyl (C=O) groups is 1. The van der Waals surface area contributed by atoms with Crippen LogP contribution in [0.3, 0.4) is 0 Å². The van der Waals surface area contributed by atoms with Gasteiger partial charge in [0.05, 0.1) is 27.7 Å². The molecule has 1 amide bonds. The van der Waals surface area contributed by atoms with Gasteiger partial charge in [-0.3, -0.25) is 14.9 Å². The molecule has 0 atom stereocenters. The van der Waals surface area contributed by atoms with Crippen molar-refractivity contribution in [3.8, 4) is 0 Å². The van der Waals surface area contributed by atoms with Crippen molar-refractivity contribution in [1.29, 1.82) is 0 Å². The fraction of sp³-hybridized carbons (Fsp3) is 0.375. The van der Waals surface area contributed by atoms with E-state index in [-0.39, 0.29) is 22.8 Å². The van der Waals surface area contributed by atoms with Gasteiger partial charge in [0.25, 0.3) is 11.6 Å². The Kier molecular flexibility index (Phi) is 4.10. The molecule has 9 nitrogen and oxygen atoms in total. The van der Waals surface area contributed by atoms with Crippen molar-refractivity contribution >= 4 is 27.2 Å². The van der Waals surface area contributed by atoms with Crippen LogP contribution in [0.25, 0.3) is 0 Å². The zero-order valence-corrected chi connectivity index (χ0v) is 15.3. The first kappa shape index (κ1) is 18.1. The maximum atomic E-state index is 12.6. The molecule has 10 heteroatoms. The van der Waals surface area contributed by atoms with E-state index in [0.717, 1.165) is 0 Å². The minimum Gasteiger partial charge on any atom is -0.306 e. The van der Waals surface area contributed by atoms with Crippen molar-refractivity contribution in [2.24, 2.45) is 0 Å². The normalized spacial score (nSPS) is 15.5. The van der Waals surface area contributed by atoms with Gasteiger partial charge in [0.15, 0.2) is 9.84 Å². The Morgan fingerprint density at radius 3 is 2.62 bits per heavy atom. The highest BCUT2D eigenvalue weighted by atomic mass is 32.2. The van der Waals surface area contributed by atoms with Gasteiger partial charge < -0.3 is 5.32 Å². The highest BCUT2D eigenvalue weighted by Gasteiger charge is 2.35.